The fourth-order valence-corrected chi connectivity index (χ4v) is 3.81. The summed E-state index contributed by atoms with van der Waals surface area (Å²) in [7, 11) is 0.744. The Kier molecular flexibility index (Phi) is 5.91. The number of rotatable bonds is 7. The molecule has 1 aliphatic rings. The van der Waals surface area contributed by atoms with E-state index < -0.39 is 9.04 Å². The first-order valence-electron chi connectivity index (χ1n) is 5.94. The Morgan fingerprint density at radius 2 is 2.07 bits per heavy atom. The van der Waals surface area contributed by atoms with E-state index in [-0.39, 0.29) is 0 Å². The molecule has 0 fully saturated rings. The maximum atomic E-state index is 5.50. The van der Waals surface area contributed by atoms with Crippen LogP contribution in [0.4, 0.5) is 0 Å². The number of hydrogen-bond acceptors (Lipinski definition) is 2. The average molecular weight is 225 g/mol. The first kappa shape index (κ1) is 12.7. The second-order valence-electron chi connectivity index (χ2n) is 3.91. The first-order chi connectivity index (χ1) is 7.31. The molecule has 1 aliphatic heterocycles. The van der Waals surface area contributed by atoms with Crippen LogP contribution in [-0.4, -0.2) is 40.7 Å². The van der Waals surface area contributed by atoms with Crippen molar-refractivity contribution in [2.24, 2.45) is 0 Å². The molecular weight excluding hydrogens is 202 g/mol. The molecule has 1 unspecified atom stereocenters. The van der Waals surface area contributed by atoms with E-state index in [1.165, 1.54) is 32.5 Å². The molecule has 15 heavy (non-hydrogen) atoms. The van der Waals surface area contributed by atoms with E-state index in [4.69, 9.17) is 4.43 Å². The Bertz CT molecular complexity index is 234. The van der Waals surface area contributed by atoms with Gasteiger partial charge in [0.25, 0.3) is 0 Å². The minimum Gasteiger partial charge on any atom is -0.415 e. The average Bonchev–Trinajstić information content (AvgIpc) is 2.72. The molecule has 1 rings (SSSR count). The van der Waals surface area contributed by atoms with Crippen LogP contribution in [0, 0.1) is 0 Å². The molecule has 0 N–H and O–H groups in total. The van der Waals surface area contributed by atoms with Gasteiger partial charge in [0.1, 0.15) is 0 Å². The smallest absolute Gasteiger partial charge is 0.228 e. The Hall–Kier alpha value is -0.383. The fraction of sp³-hybridized carbons (Fsp3) is 0.667. The Balaban J connectivity index is 2.20. The normalized spacial score (nSPS) is 20.0. The second kappa shape index (κ2) is 6.98. The Morgan fingerprint density at radius 1 is 1.33 bits per heavy atom. The van der Waals surface area contributed by atoms with Gasteiger partial charge in [-0.3, -0.25) is 0 Å². The number of hydrogen-bond donors (Lipinski definition) is 0. The van der Waals surface area contributed by atoms with Crippen LogP contribution < -0.4 is 0 Å². The van der Waals surface area contributed by atoms with Crippen molar-refractivity contribution in [3.63, 3.8) is 0 Å². The lowest BCUT2D eigenvalue weighted by atomic mass is 10.2. The van der Waals surface area contributed by atoms with Gasteiger partial charge in [-0.15, -0.1) is 0 Å². The number of nitrogens with zero attached hydrogens (tertiary/aromatic N) is 1. The van der Waals surface area contributed by atoms with Crippen molar-refractivity contribution in [1.29, 1.82) is 0 Å². The quantitative estimate of drug-likeness (QED) is 0.615. The fourth-order valence-electron chi connectivity index (χ4n) is 2.00. The lowest BCUT2D eigenvalue weighted by Crippen LogP contribution is -2.24. The minimum atomic E-state index is -1.09. The summed E-state index contributed by atoms with van der Waals surface area (Å²) in [5.74, 6) is 0. The summed E-state index contributed by atoms with van der Waals surface area (Å²) >= 11 is 0. The van der Waals surface area contributed by atoms with Crippen molar-refractivity contribution in [3.05, 3.63) is 23.0 Å². The molecule has 0 bridgehead atoms. The van der Waals surface area contributed by atoms with Crippen LogP contribution in [0.1, 0.15) is 26.7 Å². The van der Waals surface area contributed by atoms with Gasteiger partial charge >= 0.3 is 0 Å². The second-order valence-corrected chi connectivity index (χ2v) is 6.35. The molecule has 0 aromatic rings. The maximum Gasteiger partial charge on any atom is 0.228 e. The van der Waals surface area contributed by atoms with Crippen molar-refractivity contribution in [3.8, 4) is 0 Å². The monoisotopic (exact) mass is 225 g/mol. The summed E-state index contributed by atoms with van der Waals surface area (Å²) in [6, 6.07) is 0. The Morgan fingerprint density at radius 3 is 2.67 bits per heavy atom. The molecule has 0 aliphatic carbocycles. The van der Waals surface area contributed by atoms with E-state index in [2.05, 4.69) is 36.6 Å². The summed E-state index contributed by atoms with van der Waals surface area (Å²) in [5.41, 5.74) is 2.26. The third kappa shape index (κ3) is 3.93. The van der Waals surface area contributed by atoms with Gasteiger partial charge < -0.3 is 9.33 Å². The SMILES string of the molecule is CCN(CC)CCCC1=CC=C[SiH]1OC. The highest BCUT2D eigenvalue weighted by Gasteiger charge is 2.15. The van der Waals surface area contributed by atoms with Crippen molar-refractivity contribution in [2.45, 2.75) is 26.7 Å². The van der Waals surface area contributed by atoms with Gasteiger partial charge in [-0.2, -0.15) is 0 Å². The van der Waals surface area contributed by atoms with E-state index in [0.29, 0.717) is 0 Å². The van der Waals surface area contributed by atoms with Crippen LogP contribution in [0.2, 0.25) is 0 Å². The molecule has 0 aromatic heterocycles. The van der Waals surface area contributed by atoms with Crippen LogP contribution >= 0.6 is 0 Å². The zero-order valence-corrected chi connectivity index (χ0v) is 11.4. The first-order valence-corrected chi connectivity index (χ1v) is 7.65. The summed E-state index contributed by atoms with van der Waals surface area (Å²) in [6.07, 6.45) is 6.89. The van der Waals surface area contributed by atoms with Gasteiger partial charge in [0.05, 0.1) is 0 Å². The molecule has 0 spiro atoms. The number of allylic oxidation sites excluding steroid dienone is 3. The molecule has 2 nitrogen and oxygen atoms in total. The van der Waals surface area contributed by atoms with Crippen LogP contribution in [0.15, 0.2) is 23.0 Å². The molecule has 1 heterocycles. The Labute approximate surface area is 95.3 Å². The third-order valence-corrected chi connectivity index (χ3v) is 5.34. The van der Waals surface area contributed by atoms with Gasteiger partial charge in [-0.1, -0.05) is 36.9 Å². The topological polar surface area (TPSA) is 12.5 Å². The van der Waals surface area contributed by atoms with Crippen molar-refractivity contribution < 1.29 is 4.43 Å². The van der Waals surface area contributed by atoms with Gasteiger partial charge in [0.15, 0.2) is 0 Å². The summed E-state index contributed by atoms with van der Waals surface area (Å²) in [6.45, 7) is 8.01. The molecule has 1 atom stereocenters. The van der Waals surface area contributed by atoms with Gasteiger partial charge in [0.2, 0.25) is 9.04 Å². The van der Waals surface area contributed by atoms with E-state index in [0.717, 1.165) is 0 Å². The molecule has 3 heteroatoms. The largest absolute Gasteiger partial charge is 0.415 e. The zero-order chi connectivity index (χ0) is 11.1. The van der Waals surface area contributed by atoms with Crippen molar-refractivity contribution in [2.75, 3.05) is 26.7 Å². The van der Waals surface area contributed by atoms with Gasteiger partial charge in [0, 0.05) is 7.11 Å². The lowest BCUT2D eigenvalue weighted by molar-refractivity contribution is 0.300. The summed E-state index contributed by atoms with van der Waals surface area (Å²) in [5, 5.41) is 1.56. The molecule has 0 saturated carbocycles. The van der Waals surface area contributed by atoms with Crippen LogP contribution in [0.3, 0.4) is 0 Å². The predicted octanol–water partition coefficient (Wildman–Crippen LogP) is 2.05. The molecule has 0 amide bonds. The lowest BCUT2D eigenvalue weighted by Gasteiger charge is -2.18. The maximum absolute atomic E-state index is 5.50. The van der Waals surface area contributed by atoms with Crippen LogP contribution in [0.25, 0.3) is 0 Å². The predicted molar refractivity (Wildman–Crippen MR) is 68.4 cm³/mol. The molecule has 86 valence electrons. The highest BCUT2D eigenvalue weighted by Crippen LogP contribution is 2.16. The third-order valence-electron chi connectivity index (χ3n) is 3.05. The summed E-state index contributed by atoms with van der Waals surface area (Å²) < 4.78 is 5.50. The van der Waals surface area contributed by atoms with E-state index in [1.807, 2.05) is 7.11 Å². The van der Waals surface area contributed by atoms with E-state index >= 15 is 0 Å². The van der Waals surface area contributed by atoms with Crippen molar-refractivity contribution >= 4 is 9.04 Å². The van der Waals surface area contributed by atoms with Crippen molar-refractivity contribution in [1.82, 2.24) is 4.90 Å². The van der Waals surface area contributed by atoms with Crippen LogP contribution in [0.5, 0.6) is 0 Å². The summed E-state index contributed by atoms with van der Waals surface area (Å²) in [4.78, 5) is 2.48. The highest BCUT2D eigenvalue weighted by molar-refractivity contribution is 6.66. The molecule has 0 radical (unpaired) electrons. The van der Waals surface area contributed by atoms with Gasteiger partial charge in [-0.25, -0.2) is 0 Å². The standard InChI is InChI=1S/C12H23NOSi/c1-4-13(5-2)10-6-8-12-9-7-11-15(12)14-3/h7,9,11,15H,4-6,8,10H2,1-3H3. The minimum absolute atomic E-state index is 1.09. The molecule has 0 saturated heterocycles. The zero-order valence-electron chi connectivity index (χ0n) is 10.2. The highest BCUT2D eigenvalue weighted by atomic mass is 28.3. The van der Waals surface area contributed by atoms with E-state index in [1.54, 1.807) is 5.20 Å². The molecular formula is C12H23NOSi. The van der Waals surface area contributed by atoms with Crippen LogP contribution in [-0.2, 0) is 4.43 Å². The van der Waals surface area contributed by atoms with E-state index in [9.17, 15) is 0 Å². The van der Waals surface area contributed by atoms with Gasteiger partial charge in [-0.05, 0) is 32.5 Å². The molecule has 0 aromatic carbocycles.